The van der Waals surface area contributed by atoms with Gasteiger partial charge in [0.25, 0.3) is 0 Å². The molecule has 0 spiro atoms. The van der Waals surface area contributed by atoms with Crippen molar-refractivity contribution in [3.05, 3.63) is 0 Å². The Labute approximate surface area is 94.6 Å². The van der Waals surface area contributed by atoms with E-state index in [-0.39, 0.29) is 5.91 Å². The summed E-state index contributed by atoms with van der Waals surface area (Å²) < 4.78 is 0. The summed E-state index contributed by atoms with van der Waals surface area (Å²) in [6, 6.07) is 2.50. The van der Waals surface area contributed by atoms with Gasteiger partial charge in [-0.1, -0.05) is 0 Å². The topological polar surface area (TPSA) is 52.9 Å². The summed E-state index contributed by atoms with van der Waals surface area (Å²) in [5.41, 5.74) is -0.676. The minimum Gasteiger partial charge on any atom is -0.352 e. The fraction of sp³-hybridized carbons (Fsp3) is 0.818. The Morgan fingerprint density at radius 2 is 2.07 bits per heavy atom. The normalized spacial score (nSPS) is 25.0. The van der Waals surface area contributed by atoms with Crippen molar-refractivity contribution in [2.24, 2.45) is 5.41 Å². The van der Waals surface area contributed by atoms with E-state index in [0.29, 0.717) is 6.04 Å². The van der Waals surface area contributed by atoms with E-state index in [2.05, 4.69) is 11.4 Å². The van der Waals surface area contributed by atoms with Crippen LogP contribution in [-0.2, 0) is 4.79 Å². The SMILES string of the molecule is N#CC1(C(=O)NC2CCSCC2)CCC1. The number of nitrogens with one attached hydrogen (secondary N) is 1. The molecular formula is C11H16N2OS. The van der Waals surface area contributed by atoms with Gasteiger partial charge in [-0.15, -0.1) is 0 Å². The third kappa shape index (κ3) is 2.12. The average Bonchev–Trinajstić information content (AvgIpc) is 2.18. The van der Waals surface area contributed by atoms with Gasteiger partial charge in [-0.25, -0.2) is 0 Å². The fourth-order valence-corrected chi connectivity index (χ4v) is 3.19. The molecule has 1 aliphatic carbocycles. The highest BCUT2D eigenvalue weighted by Crippen LogP contribution is 2.40. The quantitative estimate of drug-likeness (QED) is 0.776. The Morgan fingerprint density at radius 1 is 1.40 bits per heavy atom. The van der Waals surface area contributed by atoms with E-state index in [1.807, 2.05) is 11.8 Å². The van der Waals surface area contributed by atoms with Crippen LogP contribution in [0.1, 0.15) is 32.1 Å². The molecule has 0 atom stereocenters. The zero-order valence-corrected chi connectivity index (χ0v) is 9.61. The number of hydrogen-bond acceptors (Lipinski definition) is 3. The van der Waals surface area contributed by atoms with Gasteiger partial charge in [0.05, 0.1) is 6.07 Å². The van der Waals surface area contributed by atoms with Gasteiger partial charge in [0.2, 0.25) is 5.91 Å². The van der Waals surface area contributed by atoms with Crippen LogP contribution < -0.4 is 5.32 Å². The number of thioether (sulfide) groups is 1. The molecule has 0 bridgehead atoms. The van der Waals surface area contributed by atoms with Crippen molar-refractivity contribution in [1.82, 2.24) is 5.32 Å². The predicted octanol–water partition coefficient (Wildman–Crippen LogP) is 1.69. The lowest BCUT2D eigenvalue weighted by molar-refractivity contribution is -0.132. The van der Waals surface area contributed by atoms with Gasteiger partial charge in [0.1, 0.15) is 5.41 Å². The number of rotatable bonds is 2. The van der Waals surface area contributed by atoms with Crippen molar-refractivity contribution in [3.8, 4) is 6.07 Å². The lowest BCUT2D eigenvalue weighted by atomic mass is 9.69. The maximum atomic E-state index is 11.9. The Bertz CT molecular complexity index is 287. The summed E-state index contributed by atoms with van der Waals surface area (Å²) in [6.07, 6.45) is 4.62. The van der Waals surface area contributed by atoms with E-state index in [1.54, 1.807) is 0 Å². The molecular weight excluding hydrogens is 208 g/mol. The van der Waals surface area contributed by atoms with Crippen LogP contribution in [0.4, 0.5) is 0 Å². The van der Waals surface area contributed by atoms with Crippen molar-refractivity contribution in [2.45, 2.75) is 38.1 Å². The van der Waals surface area contributed by atoms with Crippen LogP contribution in [0.15, 0.2) is 0 Å². The lowest BCUT2D eigenvalue weighted by Crippen LogP contribution is -2.49. The molecule has 0 unspecified atom stereocenters. The molecule has 1 aliphatic heterocycles. The van der Waals surface area contributed by atoms with Gasteiger partial charge in [0.15, 0.2) is 0 Å². The molecule has 1 saturated heterocycles. The molecule has 2 fully saturated rings. The molecule has 1 N–H and O–H groups in total. The van der Waals surface area contributed by atoms with Gasteiger partial charge in [-0.3, -0.25) is 4.79 Å². The van der Waals surface area contributed by atoms with Gasteiger partial charge in [-0.05, 0) is 43.6 Å². The molecule has 4 heteroatoms. The van der Waals surface area contributed by atoms with Crippen molar-refractivity contribution in [1.29, 1.82) is 5.26 Å². The molecule has 82 valence electrons. The molecule has 0 aromatic carbocycles. The van der Waals surface area contributed by atoms with Crippen LogP contribution in [0, 0.1) is 16.7 Å². The fourth-order valence-electron chi connectivity index (χ4n) is 2.09. The second-order valence-electron chi connectivity index (χ2n) is 4.41. The number of nitrogens with zero attached hydrogens (tertiary/aromatic N) is 1. The number of nitriles is 1. The van der Waals surface area contributed by atoms with Crippen molar-refractivity contribution < 1.29 is 4.79 Å². The van der Waals surface area contributed by atoms with E-state index < -0.39 is 5.41 Å². The highest BCUT2D eigenvalue weighted by atomic mass is 32.2. The number of amides is 1. The summed E-state index contributed by atoms with van der Waals surface area (Å²) in [6.45, 7) is 0. The summed E-state index contributed by atoms with van der Waals surface area (Å²) in [4.78, 5) is 11.9. The molecule has 3 nitrogen and oxygen atoms in total. The zero-order chi connectivity index (χ0) is 10.7. The number of carbonyl (C=O) groups excluding carboxylic acids is 1. The van der Waals surface area contributed by atoms with Crippen LogP contribution in [0.3, 0.4) is 0 Å². The molecule has 2 aliphatic rings. The number of hydrogen-bond donors (Lipinski definition) is 1. The maximum Gasteiger partial charge on any atom is 0.240 e. The first-order valence-corrected chi connectivity index (χ1v) is 6.72. The van der Waals surface area contributed by atoms with Crippen molar-refractivity contribution >= 4 is 17.7 Å². The van der Waals surface area contributed by atoms with Gasteiger partial charge in [-0.2, -0.15) is 17.0 Å². The second-order valence-corrected chi connectivity index (χ2v) is 5.63. The first-order valence-electron chi connectivity index (χ1n) is 5.57. The molecule has 15 heavy (non-hydrogen) atoms. The molecule has 0 aromatic rings. The monoisotopic (exact) mass is 224 g/mol. The molecule has 2 rings (SSSR count). The molecule has 0 radical (unpaired) electrons. The van der Waals surface area contributed by atoms with Crippen LogP contribution in [0.2, 0.25) is 0 Å². The summed E-state index contributed by atoms with van der Waals surface area (Å²) in [5.74, 6) is 2.24. The number of carbonyl (C=O) groups is 1. The van der Waals surface area contributed by atoms with Gasteiger partial charge >= 0.3 is 0 Å². The Hall–Kier alpha value is -0.690. The molecule has 1 saturated carbocycles. The summed E-state index contributed by atoms with van der Waals surface area (Å²) in [7, 11) is 0. The van der Waals surface area contributed by atoms with E-state index in [0.717, 1.165) is 43.6 Å². The third-order valence-corrected chi connectivity index (χ3v) is 4.46. The minimum atomic E-state index is -0.676. The Morgan fingerprint density at radius 3 is 2.53 bits per heavy atom. The molecule has 1 heterocycles. The predicted molar refractivity (Wildman–Crippen MR) is 60.4 cm³/mol. The summed E-state index contributed by atoms with van der Waals surface area (Å²) in [5, 5.41) is 12.1. The lowest BCUT2D eigenvalue weighted by Gasteiger charge is -2.35. The van der Waals surface area contributed by atoms with E-state index in [1.165, 1.54) is 0 Å². The van der Waals surface area contributed by atoms with Crippen LogP contribution in [0.5, 0.6) is 0 Å². The smallest absolute Gasteiger partial charge is 0.240 e. The first kappa shape index (κ1) is 10.8. The average molecular weight is 224 g/mol. The van der Waals surface area contributed by atoms with Gasteiger partial charge in [0, 0.05) is 6.04 Å². The summed E-state index contributed by atoms with van der Waals surface area (Å²) >= 11 is 1.94. The van der Waals surface area contributed by atoms with Crippen LogP contribution >= 0.6 is 11.8 Å². The zero-order valence-electron chi connectivity index (χ0n) is 8.79. The highest BCUT2D eigenvalue weighted by Gasteiger charge is 2.45. The largest absolute Gasteiger partial charge is 0.352 e. The second kappa shape index (κ2) is 4.44. The van der Waals surface area contributed by atoms with Crippen molar-refractivity contribution in [2.75, 3.05) is 11.5 Å². The molecule has 0 aromatic heterocycles. The van der Waals surface area contributed by atoms with Gasteiger partial charge < -0.3 is 5.32 Å². The third-order valence-electron chi connectivity index (χ3n) is 3.41. The maximum absolute atomic E-state index is 11.9. The van der Waals surface area contributed by atoms with Crippen LogP contribution in [0.25, 0.3) is 0 Å². The Kier molecular flexibility index (Phi) is 3.20. The Balaban J connectivity index is 1.88. The van der Waals surface area contributed by atoms with Crippen LogP contribution in [-0.4, -0.2) is 23.5 Å². The van der Waals surface area contributed by atoms with E-state index >= 15 is 0 Å². The first-order chi connectivity index (χ1) is 7.27. The minimum absolute atomic E-state index is 0.0202. The highest BCUT2D eigenvalue weighted by molar-refractivity contribution is 7.99. The van der Waals surface area contributed by atoms with E-state index in [4.69, 9.17) is 5.26 Å². The molecule has 1 amide bonds. The van der Waals surface area contributed by atoms with E-state index in [9.17, 15) is 4.79 Å². The standard InChI is InChI=1S/C11H16N2OS/c12-8-11(4-1-5-11)10(14)13-9-2-6-15-7-3-9/h9H,1-7H2,(H,13,14). The van der Waals surface area contributed by atoms with Crippen molar-refractivity contribution in [3.63, 3.8) is 0 Å².